The summed E-state index contributed by atoms with van der Waals surface area (Å²) in [5.74, 6) is 0.128. The van der Waals surface area contributed by atoms with Gasteiger partial charge in [0, 0.05) is 49.0 Å². The van der Waals surface area contributed by atoms with E-state index in [1.54, 1.807) is 0 Å². The van der Waals surface area contributed by atoms with E-state index >= 15 is 0 Å². The van der Waals surface area contributed by atoms with Crippen LogP contribution in [0.2, 0.25) is 0 Å². The molecule has 3 aliphatic rings. The van der Waals surface area contributed by atoms with Crippen LogP contribution >= 0.6 is 11.8 Å². The van der Waals surface area contributed by atoms with Crippen molar-refractivity contribution in [3.63, 3.8) is 0 Å². The highest BCUT2D eigenvalue weighted by molar-refractivity contribution is 8.00. The highest BCUT2D eigenvalue weighted by Gasteiger charge is 2.45. The van der Waals surface area contributed by atoms with Crippen LogP contribution in [0.4, 0.5) is 14.5 Å². The molecule has 0 aromatic heterocycles. The predicted molar refractivity (Wildman–Crippen MR) is 92.4 cm³/mol. The quantitative estimate of drug-likeness (QED) is 0.808. The molecule has 4 nitrogen and oxygen atoms in total. The first-order valence-corrected chi connectivity index (χ1v) is 9.75. The van der Waals surface area contributed by atoms with Crippen LogP contribution < -0.4 is 4.90 Å². The summed E-state index contributed by atoms with van der Waals surface area (Å²) in [6.07, 6.45) is 2.22. The van der Waals surface area contributed by atoms with Crippen LogP contribution in [0.1, 0.15) is 19.3 Å². The van der Waals surface area contributed by atoms with E-state index in [4.69, 9.17) is 0 Å². The summed E-state index contributed by atoms with van der Waals surface area (Å²) in [4.78, 5) is 28.3. The molecule has 0 N–H and O–H groups in total. The van der Waals surface area contributed by atoms with Crippen molar-refractivity contribution in [3.8, 4) is 0 Å². The number of hydrogen-bond acceptors (Lipinski definition) is 3. The summed E-state index contributed by atoms with van der Waals surface area (Å²) < 4.78 is 27.4. The Hall–Kier alpha value is -1.63. The SMILES string of the molecule is O=C(C1CC(=O)N(c2cc(F)ccc2F)C1)N1CCCC2(CSC2)C1. The second-order valence-electron chi connectivity index (χ2n) is 7.36. The van der Waals surface area contributed by atoms with Crippen LogP contribution in [0.5, 0.6) is 0 Å². The molecule has 0 saturated carbocycles. The topological polar surface area (TPSA) is 40.6 Å². The maximum Gasteiger partial charge on any atom is 0.228 e. The van der Waals surface area contributed by atoms with Crippen LogP contribution in [-0.2, 0) is 9.59 Å². The van der Waals surface area contributed by atoms with Crippen molar-refractivity contribution >= 4 is 29.3 Å². The zero-order valence-electron chi connectivity index (χ0n) is 13.8. The second kappa shape index (κ2) is 6.27. The molecule has 3 fully saturated rings. The molecule has 3 heterocycles. The standard InChI is InChI=1S/C18H20F2N2O2S/c19-13-2-3-14(20)15(7-13)22-8-12(6-16(22)23)17(24)21-5-1-4-18(9-21)10-25-11-18/h2-3,7,12H,1,4-6,8-11H2. The third-order valence-corrected chi connectivity index (χ3v) is 7.10. The molecule has 1 aromatic carbocycles. The van der Waals surface area contributed by atoms with Gasteiger partial charge in [-0.1, -0.05) is 0 Å². The lowest BCUT2D eigenvalue weighted by molar-refractivity contribution is -0.138. The first-order valence-electron chi connectivity index (χ1n) is 8.59. The van der Waals surface area contributed by atoms with E-state index in [1.807, 2.05) is 16.7 Å². The average Bonchev–Trinajstić information content (AvgIpc) is 2.96. The van der Waals surface area contributed by atoms with Gasteiger partial charge < -0.3 is 9.80 Å². The molecule has 0 bridgehead atoms. The predicted octanol–water partition coefficient (Wildman–Crippen LogP) is 2.67. The van der Waals surface area contributed by atoms with Gasteiger partial charge in [0.05, 0.1) is 11.6 Å². The maximum atomic E-state index is 14.0. The Balaban J connectivity index is 1.48. The number of amides is 2. The van der Waals surface area contributed by atoms with E-state index in [1.165, 1.54) is 4.90 Å². The third kappa shape index (κ3) is 3.03. The Bertz CT molecular complexity index is 723. The van der Waals surface area contributed by atoms with E-state index in [0.29, 0.717) is 0 Å². The lowest BCUT2D eigenvalue weighted by Crippen LogP contribution is -2.53. The zero-order chi connectivity index (χ0) is 17.6. The number of carbonyl (C=O) groups is 2. The summed E-state index contributed by atoms with van der Waals surface area (Å²) in [7, 11) is 0. The van der Waals surface area contributed by atoms with Crippen LogP contribution in [-0.4, -0.2) is 47.9 Å². The number of piperidine rings is 1. The number of halogens is 2. The molecule has 25 heavy (non-hydrogen) atoms. The number of hydrogen-bond donors (Lipinski definition) is 0. The number of nitrogens with zero attached hydrogens (tertiary/aromatic N) is 2. The fraction of sp³-hybridized carbons (Fsp3) is 0.556. The van der Waals surface area contributed by atoms with Gasteiger partial charge in [0.1, 0.15) is 11.6 Å². The molecule has 1 atom stereocenters. The molecule has 0 aliphatic carbocycles. The molecule has 2 amide bonds. The van der Waals surface area contributed by atoms with Crippen molar-refractivity contribution in [2.24, 2.45) is 11.3 Å². The monoisotopic (exact) mass is 366 g/mol. The largest absolute Gasteiger partial charge is 0.342 e. The zero-order valence-corrected chi connectivity index (χ0v) is 14.7. The summed E-state index contributed by atoms with van der Waals surface area (Å²) >= 11 is 1.91. The minimum atomic E-state index is -0.647. The number of likely N-dealkylation sites (tertiary alicyclic amines) is 1. The van der Waals surface area contributed by atoms with Gasteiger partial charge in [-0.15, -0.1) is 0 Å². The summed E-state index contributed by atoms with van der Waals surface area (Å²) in [6.45, 7) is 1.61. The maximum absolute atomic E-state index is 14.0. The summed E-state index contributed by atoms with van der Waals surface area (Å²) in [6, 6.07) is 3.04. The van der Waals surface area contributed by atoms with Crippen molar-refractivity contribution in [3.05, 3.63) is 29.8 Å². The average molecular weight is 366 g/mol. The van der Waals surface area contributed by atoms with E-state index in [9.17, 15) is 18.4 Å². The van der Waals surface area contributed by atoms with Gasteiger partial charge in [0.2, 0.25) is 11.8 Å². The number of benzene rings is 1. The minimum absolute atomic E-state index is 0.0244. The molecule has 1 aromatic rings. The van der Waals surface area contributed by atoms with Crippen LogP contribution in [0.25, 0.3) is 0 Å². The molecule has 4 rings (SSSR count). The van der Waals surface area contributed by atoms with Gasteiger partial charge in [0.25, 0.3) is 0 Å². The Morgan fingerprint density at radius 2 is 2.08 bits per heavy atom. The van der Waals surface area contributed by atoms with Crippen LogP contribution in [0.3, 0.4) is 0 Å². The molecule has 1 spiro atoms. The molecular weight excluding hydrogens is 346 g/mol. The van der Waals surface area contributed by atoms with Crippen molar-refractivity contribution in [1.82, 2.24) is 4.90 Å². The van der Waals surface area contributed by atoms with E-state index in [0.717, 1.165) is 55.6 Å². The Morgan fingerprint density at radius 3 is 2.80 bits per heavy atom. The van der Waals surface area contributed by atoms with Gasteiger partial charge in [-0.3, -0.25) is 9.59 Å². The van der Waals surface area contributed by atoms with Crippen molar-refractivity contribution in [2.45, 2.75) is 19.3 Å². The molecule has 1 unspecified atom stereocenters. The number of anilines is 1. The smallest absolute Gasteiger partial charge is 0.228 e. The van der Waals surface area contributed by atoms with Gasteiger partial charge in [0.15, 0.2) is 0 Å². The van der Waals surface area contributed by atoms with Gasteiger partial charge in [-0.2, -0.15) is 11.8 Å². The van der Waals surface area contributed by atoms with Crippen LogP contribution in [0.15, 0.2) is 18.2 Å². The molecule has 3 aliphatic heterocycles. The van der Waals surface area contributed by atoms with Gasteiger partial charge >= 0.3 is 0 Å². The van der Waals surface area contributed by atoms with E-state index < -0.39 is 17.6 Å². The molecule has 7 heteroatoms. The fourth-order valence-corrected chi connectivity index (χ4v) is 5.33. The Morgan fingerprint density at radius 1 is 1.28 bits per heavy atom. The highest BCUT2D eigenvalue weighted by atomic mass is 32.2. The molecule has 0 radical (unpaired) electrons. The molecule has 134 valence electrons. The lowest BCUT2D eigenvalue weighted by Gasteiger charge is -2.48. The van der Waals surface area contributed by atoms with Crippen molar-refractivity contribution in [1.29, 1.82) is 0 Å². The molecular formula is C18H20F2N2O2S. The first-order chi connectivity index (χ1) is 12.0. The Labute approximate surface area is 149 Å². The number of rotatable bonds is 2. The first kappa shape index (κ1) is 16.8. The minimum Gasteiger partial charge on any atom is -0.342 e. The van der Waals surface area contributed by atoms with Crippen molar-refractivity contribution in [2.75, 3.05) is 36.0 Å². The fourth-order valence-electron chi connectivity index (χ4n) is 4.08. The van der Waals surface area contributed by atoms with E-state index in [-0.39, 0.29) is 35.9 Å². The second-order valence-corrected chi connectivity index (χ2v) is 8.34. The normalized spacial score (nSPS) is 25.4. The third-order valence-electron chi connectivity index (χ3n) is 5.46. The van der Waals surface area contributed by atoms with Crippen LogP contribution in [0, 0.1) is 23.0 Å². The van der Waals surface area contributed by atoms with E-state index in [2.05, 4.69) is 0 Å². The van der Waals surface area contributed by atoms with Crippen molar-refractivity contribution < 1.29 is 18.4 Å². The summed E-state index contributed by atoms with van der Waals surface area (Å²) in [5.41, 5.74) is 0.182. The Kier molecular flexibility index (Phi) is 4.22. The van der Waals surface area contributed by atoms with Gasteiger partial charge in [-0.05, 0) is 25.0 Å². The molecule has 3 saturated heterocycles. The number of carbonyl (C=O) groups excluding carboxylic acids is 2. The highest BCUT2D eigenvalue weighted by Crippen LogP contribution is 2.45. The van der Waals surface area contributed by atoms with Gasteiger partial charge in [-0.25, -0.2) is 8.78 Å². The lowest BCUT2D eigenvalue weighted by atomic mass is 9.82. The number of thioether (sulfide) groups is 1. The summed E-state index contributed by atoms with van der Waals surface area (Å²) in [5, 5.41) is 0.